The first-order chi connectivity index (χ1) is 8.26. The Hall–Kier alpha value is -1.13. The molecule has 0 amide bonds. The average Bonchev–Trinajstić information content (AvgIpc) is 2.29. The largest absolute Gasteiger partial charge is 0.385 e. The van der Waals surface area contributed by atoms with Crippen LogP contribution in [0.3, 0.4) is 0 Å². The number of hydrogen-bond donors (Lipinski definition) is 2. The molecule has 0 radical (unpaired) electrons. The summed E-state index contributed by atoms with van der Waals surface area (Å²) in [5, 5.41) is 3.49. The molecule has 96 valence electrons. The lowest BCUT2D eigenvalue weighted by Gasteiger charge is -2.17. The van der Waals surface area contributed by atoms with E-state index in [-0.39, 0.29) is 0 Å². The van der Waals surface area contributed by atoms with Crippen molar-refractivity contribution in [2.45, 2.75) is 32.2 Å². The molecule has 4 heteroatoms. The third-order valence-corrected chi connectivity index (χ3v) is 2.72. The Bertz CT molecular complexity index is 317. The van der Waals surface area contributed by atoms with Crippen LogP contribution in [0.4, 0.5) is 5.82 Å². The van der Waals surface area contributed by atoms with Gasteiger partial charge in [0.1, 0.15) is 5.82 Å². The van der Waals surface area contributed by atoms with Gasteiger partial charge in [-0.1, -0.05) is 6.92 Å². The van der Waals surface area contributed by atoms with E-state index in [0.717, 1.165) is 32.4 Å². The molecule has 1 unspecified atom stereocenters. The summed E-state index contributed by atoms with van der Waals surface area (Å²) in [6, 6.07) is 4.45. The van der Waals surface area contributed by atoms with Gasteiger partial charge in [0.15, 0.2) is 0 Å². The smallest absolute Gasteiger partial charge is 0.123 e. The first-order valence-electron chi connectivity index (χ1n) is 6.19. The minimum Gasteiger partial charge on any atom is -0.385 e. The molecular formula is C13H23N3O. The van der Waals surface area contributed by atoms with Crippen molar-refractivity contribution in [3.63, 3.8) is 0 Å². The molecule has 0 bridgehead atoms. The van der Waals surface area contributed by atoms with Crippen molar-refractivity contribution >= 4 is 5.82 Å². The van der Waals surface area contributed by atoms with E-state index in [2.05, 4.69) is 17.2 Å². The van der Waals surface area contributed by atoms with Gasteiger partial charge in [-0.3, -0.25) is 0 Å². The number of ether oxygens (including phenoxy) is 1. The minimum absolute atomic E-state index is 0.483. The molecule has 1 atom stereocenters. The van der Waals surface area contributed by atoms with E-state index in [0.29, 0.717) is 11.9 Å². The maximum Gasteiger partial charge on any atom is 0.123 e. The molecule has 3 N–H and O–H groups in total. The molecule has 0 aliphatic carbocycles. The average molecular weight is 237 g/mol. The molecule has 0 aromatic carbocycles. The first kappa shape index (κ1) is 13.9. The van der Waals surface area contributed by atoms with Gasteiger partial charge in [-0.25, -0.2) is 4.98 Å². The maximum absolute atomic E-state index is 5.68. The first-order valence-corrected chi connectivity index (χ1v) is 6.19. The monoisotopic (exact) mass is 237 g/mol. The van der Waals surface area contributed by atoms with Crippen molar-refractivity contribution in [3.05, 3.63) is 23.9 Å². The van der Waals surface area contributed by atoms with E-state index >= 15 is 0 Å². The molecule has 17 heavy (non-hydrogen) atoms. The number of methoxy groups -OCH3 is 1. The molecule has 0 saturated heterocycles. The van der Waals surface area contributed by atoms with E-state index in [1.807, 2.05) is 12.1 Å². The second kappa shape index (κ2) is 8.03. The summed E-state index contributed by atoms with van der Waals surface area (Å²) >= 11 is 0. The van der Waals surface area contributed by atoms with Crippen LogP contribution in [0.15, 0.2) is 18.3 Å². The third-order valence-electron chi connectivity index (χ3n) is 2.72. The van der Waals surface area contributed by atoms with Gasteiger partial charge in [0.25, 0.3) is 0 Å². The molecule has 0 aliphatic heterocycles. The Morgan fingerprint density at radius 3 is 3.00 bits per heavy atom. The fraction of sp³-hybridized carbons (Fsp3) is 0.615. The van der Waals surface area contributed by atoms with Crippen LogP contribution in [0, 0.1) is 0 Å². The van der Waals surface area contributed by atoms with Crippen LogP contribution in [0.2, 0.25) is 0 Å². The molecule has 0 saturated carbocycles. The lowest BCUT2D eigenvalue weighted by molar-refractivity contribution is 0.188. The van der Waals surface area contributed by atoms with Crippen LogP contribution in [-0.4, -0.2) is 31.3 Å². The van der Waals surface area contributed by atoms with Gasteiger partial charge in [0.2, 0.25) is 0 Å². The number of aromatic nitrogens is 1. The molecule has 0 spiro atoms. The highest BCUT2D eigenvalue weighted by molar-refractivity contribution is 5.32. The zero-order chi connectivity index (χ0) is 12.5. The number of nitrogen functional groups attached to an aromatic ring is 1. The van der Waals surface area contributed by atoms with Crippen LogP contribution < -0.4 is 11.1 Å². The molecule has 0 fully saturated rings. The van der Waals surface area contributed by atoms with Gasteiger partial charge in [0, 0.05) is 26.0 Å². The molecular weight excluding hydrogens is 214 g/mol. The van der Waals surface area contributed by atoms with Crippen molar-refractivity contribution < 1.29 is 4.74 Å². The molecule has 0 aliphatic rings. The fourth-order valence-corrected chi connectivity index (χ4v) is 1.94. The van der Waals surface area contributed by atoms with E-state index in [1.54, 1.807) is 13.3 Å². The van der Waals surface area contributed by atoms with Crippen LogP contribution in [-0.2, 0) is 11.2 Å². The van der Waals surface area contributed by atoms with E-state index in [9.17, 15) is 0 Å². The van der Waals surface area contributed by atoms with Crippen molar-refractivity contribution in [1.82, 2.24) is 10.3 Å². The third kappa shape index (κ3) is 5.65. The summed E-state index contributed by atoms with van der Waals surface area (Å²) in [6.45, 7) is 3.93. The lowest BCUT2D eigenvalue weighted by Crippen LogP contribution is -2.31. The van der Waals surface area contributed by atoms with Gasteiger partial charge >= 0.3 is 0 Å². The summed E-state index contributed by atoms with van der Waals surface area (Å²) in [5.41, 5.74) is 6.92. The highest BCUT2D eigenvalue weighted by Gasteiger charge is 2.08. The molecule has 1 rings (SSSR count). The normalized spacial score (nSPS) is 12.6. The standard InChI is InChI=1S/C13H23N3O/c1-3-15-12(5-4-8-17-2)9-11-6-7-16-13(14)10-11/h6-7,10,12,15H,3-5,8-9H2,1-2H3,(H2,14,16). The predicted molar refractivity (Wildman–Crippen MR) is 70.9 cm³/mol. The number of hydrogen-bond acceptors (Lipinski definition) is 4. The number of anilines is 1. The van der Waals surface area contributed by atoms with Crippen LogP contribution in [0.25, 0.3) is 0 Å². The van der Waals surface area contributed by atoms with E-state index < -0.39 is 0 Å². The summed E-state index contributed by atoms with van der Waals surface area (Å²) in [7, 11) is 1.74. The van der Waals surface area contributed by atoms with Gasteiger partial charge in [-0.05, 0) is 43.5 Å². The Balaban J connectivity index is 2.47. The topological polar surface area (TPSA) is 60.2 Å². The molecule has 1 heterocycles. The summed E-state index contributed by atoms with van der Waals surface area (Å²) < 4.78 is 5.08. The zero-order valence-corrected chi connectivity index (χ0v) is 10.8. The second-order valence-corrected chi connectivity index (χ2v) is 4.18. The predicted octanol–water partition coefficient (Wildman–Crippen LogP) is 1.61. The van der Waals surface area contributed by atoms with Crippen LogP contribution >= 0.6 is 0 Å². The highest BCUT2D eigenvalue weighted by Crippen LogP contribution is 2.09. The quantitative estimate of drug-likeness (QED) is 0.674. The zero-order valence-electron chi connectivity index (χ0n) is 10.8. The van der Waals surface area contributed by atoms with Crippen LogP contribution in [0.1, 0.15) is 25.3 Å². The number of likely N-dealkylation sites (N-methyl/N-ethyl adjacent to an activating group) is 1. The second-order valence-electron chi connectivity index (χ2n) is 4.18. The van der Waals surface area contributed by atoms with Crippen LogP contribution in [0.5, 0.6) is 0 Å². The van der Waals surface area contributed by atoms with Crippen molar-refractivity contribution in [1.29, 1.82) is 0 Å². The van der Waals surface area contributed by atoms with Gasteiger partial charge < -0.3 is 15.8 Å². The number of rotatable bonds is 8. The maximum atomic E-state index is 5.68. The summed E-state index contributed by atoms with van der Waals surface area (Å²) in [6.07, 6.45) is 4.95. The molecule has 1 aromatic heterocycles. The number of nitrogens with two attached hydrogens (primary N) is 1. The molecule has 4 nitrogen and oxygen atoms in total. The highest BCUT2D eigenvalue weighted by atomic mass is 16.5. The Morgan fingerprint density at radius 2 is 2.35 bits per heavy atom. The Morgan fingerprint density at radius 1 is 1.53 bits per heavy atom. The lowest BCUT2D eigenvalue weighted by atomic mass is 10.0. The number of pyridine rings is 1. The minimum atomic E-state index is 0.483. The SMILES string of the molecule is CCNC(CCCOC)Cc1ccnc(N)c1. The Kier molecular flexibility index (Phi) is 6.58. The number of nitrogens with one attached hydrogen (secondary N) is 1. The van der Waals surface area contributed by atoms with Crippen molar-refractivity contribution in [3.8, 4) is 0 Å². The van der Waals surface area contributed by atoms with E-state index in [4.69, 9.17) is 10.5 Å². The fourth-order valence-electron chi connectivity index (χ4n) is 1.94. The Labute approximate surface area is 104 Å². The van der Waals surface area contributed by atoms with E-state index in [1.165, 1.54) is 5.56 Å². The van der Waals surface area contributed by atoms with Gasteiger partial charge in [0.05, 0.1) is 0 Å². The summed E-state index contributed by atoms with van der Waals surface area (Å²) in [5.74, 6) is 0.592. The molecule has 1 aromatic rings. The summed E-state index contributed by atoms with van der Waals surface area (Å²) in [4.78, 5) is 4.01. The van der Waals surface area contributed by atoms with Gasteiger partial charge in [-0.2, -0.15) is 0 Å². The van der Waals surface area contributed by atoms with Crippen molar-refractivity contribution in [2.24, 2.45) is 0 Å². The van der Waals surface area contributed by atoms with Crippen molar-refractivity contribution in [2.75, 3.05) is 26.0 Å². The van der Waals surface area contributed by atoms with Gasteiger partial charge in [-0.15, -0.1) is 0 Å². The number of nitrogens with zero attached hydrogens (tertiary/aromatic N) is 1.